The van der Waals surface area contributed by atoms with Crippen LogP contribution in [-0.4, -0.2) is 72.0 Å². The van der Waals surface area contributed by atoms with Gasteiger partial charge in [-0.2, -0.15) is 4.98 Å². The fraction of sp³-hybridized carbons (Fsp3) is 0.346. The maximum atomic E-state index is 12.5. The van der Waals surface area contributed by atoms with E-state index in [1.54, 1.807) is 26.4 Å². The first-order chi connectivity index (χ1) is 17.0. The van der Waals surface area contributed by atoms with Gasteiger partial charge in [-0.05, 0) is 30.0 Å². The van der Waals surface area contributed by atoms with E-state index in [1.165, 1.54) is 0 Å². The molecule has 0 saturated carbocycles. The first-order valence-corrected chi connectivity index (χ1v) is 12.0. The molecular formula is C26H34Cl3N5O5. The zero-order chi connectivity index (χ0) is 24.5. The van der Waals surface area contributed by atoms with Gasteiger partial charge in [-0.25, -0.2) is 4.98 Å². The van der Waals surface area contributed by atoms with Crippen LogP contribution in [0.1, 0.15) is 24.3 Å². The smallest absolute Gasteiger partial charge is 0.228 e. The van der Waals surface area contributed by atoms with Crippen LogP contribution < -0.4 is 20.1 Å². The molecule has 6 N–H and O–H groups in total. The van der Waals surface area contributed by atoms with Gasteiger partial charge in [0.1, 0.15) is 5.82 Å². The predicted molar refractivity (Wildman–Crippen MR) is 159 cm³/mol. The fourth-order valence-corrected chi connectivity index (χ4v) is 5.21. The second kappa shape index (κ2) is 14.4. The molecule has 0 spiro atoms. The van der Waals surface area contributed by atoms with Crippen LogP contribution in [-0.2, 0) is 4.79 Å². The molecule has 1 atom stereocenters. The Balaban J connectivity index is 0.00000190. The van der Waals surface area contributed by atoms with Crippen molar-refractivity contribution in [2.75, 3.05) is 51.0 Å². The Kier molecular flexibility index (Phi) is 12.5. The molecule has 3 aromatic rings. The molecule has 2 heterocycles. The zero-order valence-electron chi connectivity index (χ0n) is 21.6. The lowest BCUT2D eigenvalue weighted by atomic mass is 9.85. The van der Waals surface area contributed by atoms with Gasteiger partial charge in [0.2, 0.25) is 5.95 Å². The van der Waals surface area contributed by atoms with Gasteiger partial charge in [0.05, 0.1) is 19.7 Å². The van der Waals surface area contributed by atoms with E-state index in [9.17, 15) is 4.79 Å². The molecule has 1 aliphatic heterocycles. The maximum absolute atomic E-state index is 12.5. The first kappa shape index (κ1) is 34.0. The van der Waals surface area contributed by atoms with Crippen molar-refractivity contribution in [2.45, 2.75) is 18.8 Å². The van der Waals surface area contributed by atoms with Gasteiger partial charge in [-0.1, -0.05) is 29.8 Å². The molecule has 1 aromatic heterocycles. The van der Waals surface area contributed by atoms with E-state index >= 15 is 0 Å². The highest BCUT2D eigenvalue weighted by molar-refractivity contribution is 6.31. The minimum absolute atomic E-state index is 0. The van der Waals surface area contributed by atoms with Crippen LogP contribution >= 0.6 is 36.4 Å². The van der Waals surface area contributed by atoms with Crippen LogP contribution in [0.4, 0.5) is 11.8 Å². The topological polar surface area (TPSA) is 157 Å². The molecule has 214 valence electrons. The summed E-state index contributed by atoms with van der Waals surface area (Å²) in [6.07, 6.45) is 3.09. The van der Waals surface area contributed by atoms with Gasteiger partial charge < -0.3 is 36.0 Å². The van der Waals surface area contributed by atoms with Crippen LogP contribution in [0.3, 0.4) is 0 Å². The number of anilines is 2. The zero-order valence-corrected chi connectivity index (χ0v) is 24.0. The van der Waals surface area contributed by atoms with Crippen molar-refractivity contribution in [3.63, 3.8) is 0 Å². The van der Waals surface area contributed by atoms with Crippen molar-refractivity contribution >= 4 is 64.9 Å². The number of nitrogens with two attached hydrogens (primary N) is 1. The van der Waals surface area contributed by atoms with Gasteiger partial charge in [0.15, 0.2) is 17.3 Å². The molecule has 39 heavy (non-hydrogen) atoms. The van der Waals surface area contributed by atoms with Crippen molar-refractivity contribution in [3.05, 3.63) is 58.8 Å². The number of piperazine rings is 1. The number of carbonyl (C=O) groups is 1. The number of rotatable bonds is 5. The molecule has 1 saturated heterocycles. The molecule has 5 rings (SSSR count). The highest BCUT2D eigenvalue weighted by atomic mass is 35.5. The van der Waals surface area contributed by atoms with Crippen molar-refractivity contribution in [1.82, 2.24) is 14.9 Å². The number of hydrogen-bond acceptors (Lipinski definition) is 8. The van der Waals surface area contributed by atoms with Crippen LogP contribution in [0.2, 0.25) is 5.02 Å². The lowest BCUT2D eigenvalue weighted by Gasteiger charge is -2.39. The largest absolute Gasteiger partial charge is 0.493 e. The molecule has 10 nitrogen and oxygen atoms in total. The molecule has 2 aromatic carbocycles. The number of ketones is 1. The van der Waals surface area contributed by atoms with Crippen molar-refractivity contribution < 1.29 is 25.2 Å². The van der Waals surface area contributed by atoms with Crippen LogP contribution in [0.15, 0.2) is 48.2 Å². The molecule has 2 aliphatic rings. The normalized spacial score (nSPS) is 16.6. The average molecular weight is 603 g/mol. The van der Waals surface area contributed by atoms with E-state index in [0.717, 1.165) is 54.3 Å². The van der Waals surface area contributed by atoms with E-state index in [-0.39, 0.29) is 47.5 Å². The number of methoxy groups -OCH3 is 2. The van der Waals surface area contributed by atoms with Crippen molar-refractivity contribution in [1.29, 1.82) is 0 Å². The van der Waals surface area contributed by atoms with Gasteiger partial charge in [0.25, 0.3) is 0 Å². The number of halogens is 3. The number of fused-ring (bicyclic) bond motifs is 1. The van der Waals surface area contributed by atoms with Gasteiger partial charge in [-0.3, -0.25) is 4.79 Å². The second-order valence-electron chi connectivity index (χ2n) is 8.84. The quantitative estimate of drug-likeness (QED) is 0.466. The lowest BCUT2D eigenvalue weighted by Crippen LogP contribution is -2.47. The third-order valence-electron chi connectivity index (χ3n) is 6.76. The van der Waals surface area contributed by atoms with E-state index in [4.69, 9.17) is 31.8 Å². The monoisotopic (exact) mass is 601 g/mol. The number of nitrogen functional groups attached to an aromatic ring is 1. The standard InChI is InChI=1S/C26H28ClN5O3.2ClH.2H2O/c1-34-23-14-20-22(15-24(23)35-2)29-26(30-25(20)28)32-9-7-31(8-10-32)17-11-16(12-18(33)13-17)19-5-3-4-6-21(19)27;;;;/h3-6,13-16H,7-12H2,1-2H3,(H2,28,29,30);2*1H;2*1H2. The summed E-state index contributed by atoms with van der Waals surface area (Å²) >= 11 is 6.43. The molecule has 1 aliphatic carbocycles. The van der Waals surface area contributed by atoms with Crippen molar-refractivity contribution in [2.24, 2.45) is 0 Å². The number of carbonyl (C=O) groups excluding carboxylic acids is 1. The van der Waals surface area contributed by atoms with Gasteiger partial charge in [0, 0.05) is 60.8 Å². The second-order valence-corrected chi connectivity index (χ2v) is 9.24. The lowest BCUT2D eigenvalue weighted by molar-refractivity contribution is -0.115. The van der Waals surface area contributed by atoms with E-state index in [1.807, 2.05) is 30.3 Å². The Labute approximate surface area is 244 Å². The Hall–Kier alpha value is -3.02. The summed E-state index contributed by atoms with van der Waals surface area (Å²) < 4.78 is 10.8. The average Bonchev–Trinajstić information content (AvgIpc) is 2.88. The SMILES string of the molecule is COc1cc2nc(N3CCN(C4=CC(=O)CC(c5ccccc5Cl)C4)CC3)nc(N)c2cc1OC.Cl.Cl.O.O. The Morgan fingerprint density at radius 2 is 1.54 bits per heavy atom. The molecule has 1 fully saturated rings. The minimum Gasteiger partial charge on any atom is -0.493 e. The summed E-state index contributed by atoms with van der Waals surface area (Å²) in [5.41, 5.74) is 9.10. The van der Waals surface area contributed by atoms with E-state index < -0.39 is 0 Å². The molecule has 0 radical (unpaired) electrons. The summed E-state index contributed by atoms with van der Waals surface area (Å²) in [7, 11) is 3.18. The number of allylic oxidation sites excluding steroid dienone is 2. The van der Waals surface area contributed by atoms with E-state index in [0.29, 0.717) is 35.2 Å². The summed E-state index contributed by atoms with van der Waals surface area (Å²) in [5, 5.41) is 1.44. The third-order valence-corrected chi connectivity index (χ3v) is 7.11. The molecular weight excluding hydrogens is 569 g/mol. The molecule has 0 bridgehead atoms. The highest BCUT2D eigenvalue weighted by Crippen LogP contribution is 2.37. The van der Waals surface area contributed by atoms with Crippen LogP contribution in [0, 0.1) is 0 Å². The molecule has 0 amide bonds. The maximum Gasteiger partial charge on any atom is 0.228 e. The number of aromatic nitrogens is 2. The Bertz CT molecular complexity index is 1320. The fourth-order valence-electron chi connectivity index (χ4n) is 4.92. The van der Waals surface area contributed by atoms with Crippen LogP contribution in [0.25, 0.3) is 10.9 Å². The molecule has 13 heteroatoms. The number of nitrogens with zero attached hydrogens (tertiary/aromatic N) is 4. The Morgan fingerprint density at radius 1 is 0.923 bits per heavy atom. The number of ether oxygens (including phenoxy) is 2. The van der Waals surface area contributed by atoms with Crippen molar-refractivity contribution in [3.8, 4) is 11.5 Å². The van der Waals surface area contributed by atoms with Crippen LogP contribution in [0.5, 0.6) is 11.5 Å². The molecule has 1 unspecified atom stereocenters. The third kappa shape index (κ3) is 6.95. The summed E-state index contributed by atoms with van der Waals surface area (Å²) in [5.74, 6) is 2.41. The van der Waals surface area contributed by atoms with Gasteiger partial charge >= 0.3 is 0 Å². The summed E-state index contributed by atoms with van der Waals surface area (Å²) in [4.78, 5) is 26.3. The highest BCUT2D eigenvalue weighted by Gasteiger charge is 2.29. The van der Waals surface area contributed by atoms with E-state index in [2.05, 4.69) is 14.8 Å². The number of benzene rings is 2. The number of hydrogen-bond donors (Lipinski definition) is 1. The first-order valence-electron chi connectivity index (χ1n) is 11.6. The predicted octanol–water partition coefficient (Wildman–Crippen LogP) is 3.23. The minimum atomic E-state index is 0. The van der Waals surface area contributed by atoms with Gasteiger partial charge in [-0.15, -0.1) is 24.8 Å². The summed E-state index contributed by atoms with van der Waals surface area (Å²) in [6, 6.07) is 11.4. The summed E-state index contributed by atoms with van der Waals surface area (Å²) in [6.45, 7) is 2.98. The Morgan fingerprint density at radius 3 is 2.18 bits per heavy atom.